The molecule has 54 valence electrons. The molecule has 10 heavy (non-hydrogen) atoms. The van der Waals surface area contributed by atoms with Crippen molar-refractivity contribution in [3.05, 3.63) is 23.8 Å². The van der Waals surface area contributed by atoms with E-state index in [1.54, 1.807) is 6.20 Å². The predicted octanol–water partition coefficient (Wildman–Crippen LogP) is 1.26. The Hall–Kier alpha value is -0.570. The van der Waals surface area contributed by atoms with Gasteiger partial charge in [0.2, 0.25) is 0 Å². The first-order valence-corrected chi connectivity index (χ1v) is 3.85. The fourth-order valence-corrected chi connectivity index (χ4v) is 0.988. The number of aryl methyl sites for hydroxylation is 2. The van der Waals surface area contributed by atoms with Gasteiger partial charge in [-0.2, -0.15) is 12.6 Å². The third kappa shape index (κ3) is 1.99. The molecule has 0 radical (unpaired) electrons. The molecule has 0 amide bonds. The minimum Gasteiger partial charge on any atom is -0.242 e. The smallest absolute Gasteiger partial charge is 0.125 e. The Morgan fingerprint density at radius 3 is 3.00 bits per heavy atom. The Morgan fingerprint density at radius 1 is 1.60 bits per heavy atom. The van der Waals surface area contributed by atoms with Gasteiger partial charge in [0.05, 0.1) is 0 Å². The zero-order valence-electron chi connectivity index (χ0n) is 5.91. The van der Waals surface area contributed by atoms with Crippen LogP contribution in [0.5, 0.6) is 0 Å². The van der Waals surface area contributed by atoms with Gasteiger partial charge in [0.25, 0.3) is 0 Å². The highest BCUT2D eigenvalue weighted by molar-refractivity contribution is 7.80. The van der Waals surface area contributed by atoms with Crippen LogP contribution in [-0.2, 0) is 6.42 Å². The summed E-state index contributed by atoms with van der Waals surface area (Å²) in [6.07, 6.45) is 2.70. The van der Waals surface area contributed by atoms with E-state index in [0.29, 0.717) is 0 Å². The maximum atomic E-state index is 4.20. The molecule has 0 aliphatic rings. The summed E-state index contributed by atoms with van der Waals surface area (Å²) >= 11 is 4.11. The van der Waals surface area contributed by atoms with Gasteiger partial charge in [-0.1, -0.05) is 0 Å². The monoisotopic (exact) mass is 154 g/mol. The van der Waals surface area contributed by atoms with Crippen molar-refractivity contribution in [1.82, 2.24) is 9.97 Å². The van der Waals surface area contributed by atoms with Crippen LogP contribution in [0.4, 0.5) is 0 Å². The zero-order valence-corrected chi connectivity index (χ0v) is 6.80. The van der Waals surface area contributed by atoms with Crippen molar-refractivity contribution in [2.24, 2.45) is 0 Å². The average molecular weight is 154 g/mol. The van der Waals surface area contributed by atoms with Gasteiger partial charge in [-0.3, -0.25) is 0 Å². The summed E-state index contributed by atoms with van der Waals surface area (Å²) in [5.74, 6) is 1.68. The summed E-state index contributed by atoms with van der Waals surface area (Å²) in [4.78, 5) is 8.19. The first-order valence-electron chi connectivity index (χ1n) is 3.22. The van der Waals surface area contributed by atoms with Crippen LogP contribution in [0.2, 0.25) is 0 Å². The second-order valence-corrected chi connectivity index (χ2v) is 2.52. The molecule has 1 rings (SSSR count). The summed E-state index contributed by atoms with van der Waals surface area (Å²) in [5.41, 5.74) is 1.07. The summed E-state index contributed by atoms with van der Waals surface area (Å²) in [6, 6.07) is 1.92. The molecule has 3 heteroatoms. The molecule has 0 N–H and O–H groups in total. The third-order valence-corrected chi connectivity index (χ3v) is 1.43. The van der Waals surface area contributed by atoms with Crippen LogP contribution in [0.3, 0.4) is 0 Å². The highest BCUT2D eigenvalue weighted by atomic mass is 32.1. The normalized spacial score (nSPS) is 9.80. The number of hydrogen-bond acceptors (Lipinski definition) is 3. The van der Waals surface area contributed by atoms with Crippen molar-refractivity contribution < 1.29 is 0 Å². The van der Waals surface area contributed by atoms with Crippen LogP contribution in [-0.4, -0.2) is 15.7 Å². The summed E-state index contributed by atoms with van der Waals surface area (Å²) in [7, 11) is 0. The van der Waals surface area contributed by atoms with Gasteiger partial charge in [-0.05, 0) is 25.2 Å². The number of rotatable bonds is 2. The topological polar surface area (TPSA) is 25.8 Å². The van der Waals surface area contributed by atoms with E-state index in [-0.39, 0.29) is 0 Å². The molecule has 0 atom stereocenters. The molecule has 1 aromatic heterocycles. The lowest BCUT2D eigenvalue weighted by Crippen LogP contribution is -1.94. The molecule has 0 unspecified atom stereocenters. The van der Waals surface area contributed by atoms with E-state index >= 15 is 0 Å². The lowest BCUT2D eigenvalue weighted by molar-refractivity contribution is 0.956. The second-order valence-electron chi connectivity index (χ2n) is 2.07. The van der Waals surface area contributed by atoms with E-state index in [9.17, 15) is 0 Å². The fraction of sp³-hybridized carbons (Fsp3) is 0.429. The molecular formula is C7H10N2S. The Labute approximate surface area is 66.1 Å². The number of nitrogens with zero attached hydrogens (tertiary/aromatic N) is 2. The molecule has 0 saturated heterocycles. The molecule has 0 aliphatic carbocycles. The van der Waals surface area contributed by atoms with Crippen molar-refractivity contribution in [2.75, 3.05) is 5.75 Å². The highest BCUT2D eigenvalue weighted by Crippen LogP contribution is 1.96. The molecule has 1 aromatic rings. The van der Waals surface area contributed by atoms with E-state index in [1.807, 2.05) is 13.0 Å². The van der Waals surface area contributed by atoms with E-state index in [1.165, 1.54) is 0 Å². The Bertz CT molecular complexity index is 213. The van der Waals surface area contributed by atoms with Gasteiger partial charge in [0, 0.05) is 11.9 Å². The van der Waals surface area contributed by atoms with Crippen molar-refractivity contribution in [3.63, 3.8) is 0 Å². The fourth-order valence-electron chi connectivity index (χ4n) is 0.759. The Balaban J connectivity index is 2.75. The van der Waals surface area contributed by atoms with Gasteiger partial charge in [0.15, 0.2) is 0 Å². The van der Waals surface area contributed by atoms with E-state index < -0.39 is 0 Å². The first-order chi connectivity index (χ1) is 4.83. The van der Waals surface area contributed by atoms with Crippen molar-refractivity contribution in [2.45, 2.75) is 13.3 Å². The van der Waals surface area contributed by atoms with E-state index in [4.69, 9.17) is 0 Å². The number of hydrogen-bond donors (Lipinski definition) is 1. The number of aromatic nitrogens is 2. The van der Waals surface area contributed by atoms with E-state index in [2.05, 4.69) is 22.6 Å². The van der Waals surface area contributed by atoms with Gasteiger partial charge in [0.1, 0.15) is 5.82 Å². The Kier molecular flexibility index (Phi) is 2.68. The molecule has 0 aromatic carbocycles. The summed E-state index contributed by atoms with van der Waals surface area (Å²) in [5, 5.41) is 0. The first kappa shape index (κ1) is 7.54. The van der Waals surface area contributed by atoms with Crippen LogP contribution in [0.1, 0.15) is 11.5 Å². The average Bonchev–Trinajstić information content (AvgIpc) is 1.88. The van der Waals surface area contributed by atoms with Crippen molar-refractivity contribution in [1.29, 1.82) is 0 Å². The Morgan fingerprint density at radius 2 is 2.40 bits per heavy atom. The molecule has 0 saturated carbocycles. The third-order valence-electron chi connectivity index (χ3n) is 1.20. The largest absolute Gasteiger partial charge is 0.242 e. The summed E-state index contributed by atoms with van der Waals surface area (Å²) in [6.45, 7) is 1.89. The van der Waals surface area contributed by atoms with Gasteiger partial charge in [-0.25, -0.2) is 9.97 Å². The molecule has 2 nitrogen and oxygen atoms in total. The molecule has 0 bridgehead atoms. The van der Waals surface area contributed by atoms with Crippen LogP contribution in [0.25, 0.3) is 0 Å². The molecule has 0 aliphatic heterocycles. The molecule has 0 fully saturated rings. The van der Waals surface area contributed by atoms with Crippen LogP contribution in [0, 0.1) is 6.92 Å². The molecular weight excluding hydrogens is 144 g/mol. The lowest BCUT2D eigenvalue weighted by Gasteiger charge is -1.96. The maximum Gasteiger partial charge on any atom is 0.125 e. The standard InChI is InChI=1S/C7H10N2S/c1-6-8-4-2-7(9-6)3-5-10/h2,4,10H,3,5H2,1H3. The maximum absolute atomic E-state index is 4.20. The minimum atomic E-state index is 0.833. The van der Waals surface area contributed by atoms with Gasteiger partial charge in [-0.15, -0.1) is 0 Å². The highest BCUT2D eigenvalue weighted by Gasteiger charge is 1.91. The lowest BCUT2D eigenvalue weighted by atomic mass is 10.3. The summed E-state index contributed by atoms with van der Waals surface area (Å²) < 4.78 is 0. The van der Waals surface area contributed by atoms with Crippen LogP contribution < -0.4 is 0 Å². The quantitative estimate of drug-likeness (QED) is 0.649. The minimum absolute atomic E-state index is 0.833. The predicted molar refractivity (Wildman–Crippen MR) is 44.3 cm³/mol. The van der Waals surface area contributed by atoms with Crippen LogP contribution >= 0.6 is 12.6 Å². The van der Waals surface area contributed by atoms with E-state index in [0.717, 1.165) is 23.7 Å². The van der Waals surface area contributed by atoms with Crippen LogP contribution in [0.15, 0.2) is 12.3 Å². The number of thiol groups is 1. The zero-order chi connectivity index (χ0) is 7.40. The van der Waals surface area contributed by atoms with Crippen molar-refractivity contribution >= 4 is 12.6 Å². The molecule has 1 heterocycles. The van der Waals surface area contributed by atoms with Gasteiger partial charge < -0.3 is 0 Å². The molecule has 0 spiro atoms. The van der Waals surface area contributed by atoms with Gasteiger partial charge >= 0.3 is 0 Å². The SMILES string of the molecule is Cc1nccc(CCS)n1. The second kappa shape index (κ2) is 3.56. The van der Waals surface area contributed by atoms with Crippen molar-refractivity contribution in [3.8, 4) is 0 Å².